The maximum atomic E-state index is 8.76. The lowest BCUT2D eigenvalue weighted by Crippen LogP contribution is -2.12. The van der Waals surface area contributed by atoms with Crippen molar-refractivity contribution >= 4 is 6.21 Å². The van der Waals surface area contributed by atoms with Crippen LogP contribution in [-0.2, 0) is 0 Å². The molecule has 0 radical (unpaired) electrons. The minimum absolute atomic E-state index is 0.256. The van der Waals surface area contributed by atoms with Crippen molar-refractivity contribution in [1.29, 1.82) is 0 Å². The molecule has 0 aromatic carbocycles. The third-order valence-electron chi connectivity index (χ3n) is 1.06. The summed E-state index contributed by atoms with van der Waals surface area (Å²) in [5.41, 5.74) is 0. The number of aliphatic hydroxyl groups excluding tert-OH is 1. The molecule has 0 aromatic heterocycles. The average molecular weight is 99.1 g/mol. The topological polar surface area (TPSA) is 32.6 Å². The summed E-state index contributed by atoms with van der Waals surface area (Å²) in [7, 11) is 0. The van der Waals surface area contributed by atoms with Crippen LogP contribution in [0.15, 0.2) is 4.99 Å². The van der Waals surface area contributed by atoms with E-state index in [2.05, 4.69) is 4.99 Å². The lowest BCUT2D eigenvalue weighted by molar-refractivity contribution is 0.228. The Bertz CT molecular complexity index is 80.1. The SMILES string of the molecule is OC1C=NCCC1. The van der Waals surface area contributed by atoms with Crippen molar-refractivity contribution < 1.29 is 5.11 Å². The van der Waals surface area contributed by atoms with E-state index in [1.807, 2.05) is 0 Å². The summed E-state index contributed by atoms with van der Waals surface area (Å²) in [5.74, 6) is 0. The molecule has 0 amide bonds. The van der Waals surface area contributed by atoms with Crippen molar-refractivity contribution in [3.8, 4) is 0 Å². The molecule has 40 valence electrons. The van der Waals surface area contributed by atoms with Gasteiger partial charge in [0.1, 0.15) is 0 Å². The summed E-state index contributed by atoms with van der Waals surface area (Å²) in [6.45, 7) is 0.900. The molecule has 1 aliphatic rings. The van der Waals surface area contributed by atoms with Crippen LogP contribution in [0.5, 0.6) is 0 Å². The van der Waals surface area contributed by atoms with E-state index in [0.29, 0.717) is 0 Å². The van der Waals surface area contributed by atoms with Gasteiger partial charge in [-0.3, -0.25) is 4.99 Å². The number of aliphatic hydroxyl groups is 1. The van der Waals surface area contributed by atoms with E-state index < -0.39 is 0 Å². The molecule has 2 nitrogen and oxygen atoms in total. The molecule has 1 atom stereocenters. The van der Waals surface area contributed by atoms with Crippen molar-refractivity contribution in [1.82, 2.24) is 0 Å². The first kappa shape index (κ1) is 4.78. The molecule has 0 aliphatic carbocycles. The molecule has 7 heavy (non-hydrogen) atoms. The van der Waals surface area contributed by atoms with Crippen molar-refractivity contribution in [3.63, 3.8) is 0 Å². The third-order valence-corrected chi connectivity index (χ3v) is 1.06. The third kappa shape index (κ3) is 1.27. The van der Waals surface area contributed by atoms with E-state index >= 15 is 0 Å². The average Bonchev–Trinajstić information content (AvgIpc) is 1.69. The molecule has 1 N–H and O–H groups in total. The van der Waals surface area contributed by atoms with Crippen LogP contribution in [0.1, 0.15) is 12.8 Å². The maximum absolute atomic E-state index is 8.76. The van der Waals surface area contributed by atoms with Gasteiger partial charge in [-0.25, -0.2) is 0 Å². The number of hydrogen-bond donors (Lipinski definition) is 1. The Kier molecular flexibility index (Phi) is 1.42. The Labute approximate surface area is 42.9 Å². The van der Waals surface area contributed by atoms with Gasteiger partial charge in [0.2, 0.25) is 0 Å². The van der Waals surface area contributed by atoms with Crippen molar-refractivity contribution in [2.75, 3.05) is 6.54 Å². The van der Waals surface area contributed by atoms with Gasteiger partial charge in [0, 0.05) is 12.8 Å². The van der Waals surface area contributed by atoms with E-state index in [4.69, 9.17) is 5.11 Å². The van der Waals surface area contributed by atoms with E-state index in [0.717, 1.165) is 19.4 Å². The number of aliphatic imine (C=N–C) groups is 1. The molecule has 1 rings (SSSR count). The molecular weight excluding hydrogens is 90.1 g/mol. The van der Waals surface area contributed by atoms with Gasteiger partial charge >= 0.3 is 0 Å². The molecule has 0 aromatic rings. The predicted octanol–water partition coefficient (Wildman–Crippen LogP) is 0.212. The summed E-state index contributed by atoms with van der Waals surface area (Å²) in [4.78, 5) is 3.88. The minimum Gasteiger partial charge on any atom is -0.387 e. The van der Waals surface area contributed by atoms with Gasteiger partial charge < -0.3 is 5.11 Å². The van der Waals surface area contributed by atoms with Gasteiger partial charge in [0.25, 0.3) is 0 Å². The first-order valence-corrected chi connectivity index (χ1v) is 2.57. The van der Waals surface area contributed by atoms with Crippen LogP contribution in [-0.4, -0.2) is 24.0 Å². The van der Waals surface area contributed by atoms with Crippen LogP contribution in [0, 0.1) is 0 Å². The number of nitrogens with zero attached hydrogens (tertiary/aromatic N) is 1. The standard InChI is InChI=1S/C5H9NO/c7-5-2-1-3-6-4-5/h4-5,7H,1-3H2. The molecule has 0 spiro atoms. The van der Waals surface area contributed by atoms with Gasteiger partial charge in [0.15, 0.2) is 0 Å². The number of hydrogen-bond acceptors (Lipinski definition) is 2. The molecule has 1 aliphatic heterocycles. The Morgan fingerprint density at radius 2 is 2.57 bits per heavy atom. The largest absolute Gasteiger partial charge is 0.387 e. The van der Waals surface area contributed by atoms with E-state index in [9.17, 15) is 0 Å². The summed E-state index contributed by atoms with van der Waals surface area (Å²) < 4.78 is 0. The highest BCUT2D eigenvalue weighted by Crippen LogP contribution is 1.99. The zero-order valence-corrected chi connectivity index (χ0v) is 4.17. The Morgan fingerprint density at radius 3 is 2.86 bits per heavy atom. The highest BCUT2D eigenvalue weighted by atomic mass is 16.3. The molecular formula is C5H9NO. The summed E-state index contributed by atoms with van der Waals surface area (Å²) in [6.07, 6.45) is 3.29. The zero-order chi connectivity index (χ0) is 5.11. The minimum atomic E-state index is -0.256. The molecule has 2 heteroatoms. The van der Waals surface area contributed by atoms with Gasteiger partial charge in [-0.15, -0.1) is 0 Å². The van der Waals surface area contributed by atoms with Crippen LogP contribution >= 0.6 is 0 Å². The smallest absolute Gasteiger partial charge is 0.0887 e. The van der Waals surface area contributed by atoms with Crippen LogP contribution in [0.2, 0.25) is 0 Å². The second-order valence-electron chi connectivity index (χ2n) is 1.76. The molecule has 0 fully saturated rings. The lowest BCUT2D eigenvalue weighted by Gasteiger charge is -2.06. The van der Waals surface area contributed by atoms with E-state index in [1.54, 1.807) is 6.21 Å². The highest BCUT2D eigenvalue weighted by molar-refractivity contribution is 5.63. The van der Waals surface area contributed by atoms with Gasteiger partial charge in [-0.2, -0.15) is 0 Å². The van der Waals surface area contributed by atoms with E-state index in [1.165, 1.54) is 0 Å². The quantitative estimate of drug-likeness (QED) is 0.462. The van der Waals surface area contributed by atoms with E-state index in [-0.39, 0.29) is 6.10 Å². The van der Waals surface area contributed by atoms with Crippen LogP contribution in [0.4, 0.5) is 0 Å². The summed E-state index contributed by atoms with van der Waals surface area (Å²) >= 11 is 0. The Hall–Kier alpha value is -0.370. The normalized spacial score (nSPS) is 30.7. The maximum Gasteiger partial charge on any atom is 0.0887 e. The molecule has 0 bridgehead atoms. The number of rotatable bonds is 0. The second kappa shape index (κ2) is 2.07. The fourth-order valence-corrected chi connectivity index (χ4v) is 0.662. The first-order valence-electron chi connectivity index (χ1n) is 2.57. The lowest BCUT2D eigenvalue weighted by atomic mass is 10.2. The molecule has 0 saturated heterocycles. The van der Waals surface area contributed by atoms with Gasteiger partial charge in [0.05, 0.1) is 6.10 Å². The predicted molar refractivity (Wildman–Crippen MR) is 28.6 cm³/mol. The monoisotopic (exact) mass is 99.1 g/mol. The van der Waals surface area contributed by atoms with Crippen LogP contribution in [0.3, 0.4) is 0 Å². The van der Waals surface area contributed by atoms with Crippen molar-refractivity contribution in [2.45, 2.75) is 18.9 Å². The van der Waals surface area contributed by atoms with Crippen LogP contribution < -0.4 is 0 Å². The second-order valence-corrected chi connectivity index (χ2v) is 1.76. The van der Waals surface area contributed by atoms with Gasteiger partial charge in [-0.05, 0) is 12.8 Å². The summed E-state index contributed by atoms with van der Waals surface area (Å²) in [5, 5.41) is 8.76. The molecule has 1 unspecified atom stereocenters. The van der Waals surface area contributed by atoms with Crippen molar-refractivity contribution in [2.24, 2.45) is 4.99 Å². The van der Waals surface area contributed by atoms with Crippen molar-refractivity contribution in [3.05, 3.63) is 0 Å². The molecule has 0 saturated carbocycles. The fraction of sp³-hybridized carbons (Fsp3) is 0.800. The van der Waals surface area contributed by atoms with Gasteiger partial charge in [-0.1, -0.05) is 0 Å². The Morgan fingerprint density at radius 1 is 1.71 bits per heavy atom. The highest BCUT2D eigenvalue weighted by Gasteiger charge is 2.01. The van der Waals surface area contributed by atoms with Crippen LogP contribution in [0.25, 0.3) is 0 Å². The summed E-state index contributed by atoms with van der Waals surface area (Å²) in [6, 6.07) is 0. The fourth-order valence-electron chi connectivity index (χ4n) is 0.662. The Balaban J connectivity index is 2.36. The zero-order valence-electron chi connectivity index (χ0n) is 4.17. The first-order chi connectivity index (χ1) is 3.39. The molecule has 1 heterocycles.